The first-order valence-corrected chi connectivity index (χ1v) is 10.8. The van der Waals surface area contributed by atoms with Crippen molar-refractivity contribution < 1.29 is 13.9 Å². The second kappa shape index (κ2) is 9.65. The van der Waals surface area contributed by atoms with Crippen LogP contribution in [0.2, 0.25) is 0 Å². The lowest BCUT2D eigenvalue weighted by Crippen LogP contribution is -2.25. The maximum atomic E-state index is 13.4. The third-order valence-corrected chi connectivity index (χ3v) is 5.74. The molecule has 162 valence electrons. The van der Waals surface area contributed by atoms with E-state index in [1.807, 2.05) is 30.3 Å². The van der Waals surface area contributed by atoms with Crippen molar-refractivity contribution in [1.82, 2.24) is 9.55 Å². The van der Waals surface area contributed by atoms with Gasteiger partial charge in [0.1, 0.15) is 11.6 Å². The second-order valence-electron chi connectivity index (χ2n) is 7.00. The number of aromatic nitrogens is 2. The molecular formula is C24H20FN3O3S. The molecule has 0 atom stereocenters. The van der Waals surface area contributed by atoms with Gasteiger partial charge in [-0.1, -0.05) is 42.1 Å². The minimum absolute atomic E-state index is 0.0178. The van der Waals surface area contributed by atoms with Crippen LogP contribution in [0.15, 0.2) is 82.7 Å². The van der Waals surface area contributed by atoms with E-state index in [9.17, 15) is 14.0 Å². The van der Waals surface area contributed by atoms with E-state index in [2.05, 4.69) is 10.3 Å². The van der Waals surface area contributed by atoms with E-state index in [4.69, 9.17) is 4.74 Å². The molecule has 32 heavy (non-hydrogen) atoms. The summed E-state index contributed by atoms with van der Waals surface area (Å²) in [5, 5.41) is 3.60. The highest BCUT2D eigenvalue weighted by Gasteiger charge is 2.14. The monoisotopic (exact) mass is 449 g/mol. The zero-order valence-electron chi connectivity index (χ0n) is 17.2. The molecule has 0 fully saturated rings. The van der Waals surface area contributed by atoms with Crippen molar-refractivity contribution in [3.05, 3.63) is 94.5 Å². The number of ether oxygens (including phenoxy) is 1. The van der Waals surface area contributed by atoms with E-state index in [0.29, 0.717) is 28.3 Å². The van der Waals surface area contributed by atoms with Crippen molar-refractivity contribution in [3.63, 3.8) is 0 Å². The third kappa shape index (κ3) is 4.97. The van der Waals surface area contributed by atoms with E-state index in [-0.39, 0.29) is 17.2 Å². The van der Waals surface area contributed by atoms with Gasteiger partial charge in [-0.2, -0.15) is 0 Å². The highest BCUT2D eigenvalue weighted by Crippen LogP contribution is 2.20. The predicted molar refractivity (Wildman–Crippen MR) is 124 cm³/mol. The number of amides is 1. The Kier molecular flexibility index (Phi) is 6.51. The second-order valence-corrected chi connectivity index (χ2v) is 7.94. The molecule has 0 unspecified atom stereocenters. The van der Waals surface area contributed by atoms with Gasteiger partial charge in [-0.25, -0.2) is 9.37 Å². The molecule has 4 rings (SSSR count). The van der Waals surface area contributed by atoms with Crippen molar-refractivity contribution in [1.29, 1.82) is 0 Å². The van der Waals surface area contributed by atoms with Gasteiger partial charge in [-0.15, -0.1) is 0 Å². The van der Waals surface area contributed by atoms with Gasteiger partial charge in [0.2, 0.25) is 5.91 Å². The molecule has 0 spiro atoms. The van der Waals surface area contributed by atoms with Crippen LogP contribution in [0, 0.1) is 5.82 Å². The molecule has 0 bridgehead atoms. The standard InChI is InChI=1S/C24H20FN3O3S/c1-31-19-11-9-16(10-12-19)14-28-23(30)20-7-2-3-8-21(20)27-24(28)32-15-22(29)26-18-6-4-5-17(25)13-18/h2-13H,14-15H2,1H3,(H,26,29). The molecule has 0 radical (unpaired) electrons. The molecule has 6 nitrogen and oxygen atoms in total. The molecule has 0 aliphatic rings. The molecule has 0 saturated carbocycles. The van der Waals surface area contributed by atoms with Crippen molar-refractivity contribution in [2.75, 3.05) is 18.2 Å². The summed E-state index contributed by atoms with van der Waals surface area (Å²) in [5.41, 5.74) is 1.66. The van der Waals surface area contributed by atoms with E-state index >= 15 is 0 Å². The third-order valence-electron chi connectivity index (χ3n) is 4.77. The zero-order valence-corrected chi connectivity index (χ0v) is 18.1. The normalized spacial score (nSPS) is 10.8. The van der Waals surface area contributed by atoms with E-state index in [1.54, 1.807) is 35.9 Å². The summed E-state index contributed by atoms with van der Waals surface area (Å²) in [6.07, 6.45) is 0. The smallest absolute Gasteiger partial charge is 0.262 e. The van der Waals surface area contributed by atoms with Crippen LogP contribution >= 0.6 is 11.8 Å². The van der Waals surface area contributed by atoms with Crippen LogP contribution in [0.5, 0.6) is 5.75 Å². The van der Waals surface area contributed by atoms with Crippen molar-refractivity contribution in [3.8, 4) is 5.75 Å². The lowest BCUT2D eigenvalue weighted by atomic mass is 10.2. The maximum Gasteiger partial charge on any atom is 0.262 e. The summed E-state index contributed by atoms with van der Waals surface area (Å²) in [4.78, 5) is 30.2. The predicted octanol–water partition coefficient (Wildman–Crippen LogP) is 4.32. The average Bonchev–Trinajstić information content (AvgIpc) is 2.80. The van der Waals surface area contributed by atoms with Gasteiger partial charge >= 0.3 is 0 Å². The number of thioether (sulfide) groups is 1. The lowest BCUT2D eigenvalue weighted by molar-refractivity contribution is -0.113. The Balaban J connectivity index is 1.60. The quantitative estimate of drug-likeness (QED) is 0.336. The van der Waals surface area contributed by atoms with Crippen molar-refractivity contribution in [2.45, 2.75) is 11.7 Å². The largest absolute Gasteiger partial charge is 0.497 e. The van der Waals surface area contributed by atoms with Crippen LogP contribution in [0.4, 0.5) is 10.1 Å². The minimum Gasteiger partial charge on any atom is -0.497 e. The molecule has 4 aromatic rings. The number of hydrogen-bond donors (Lipinski definition) is 1. The molecule has 3 aromatic carbocycles. The fourth-order valence-electron chi connectivity index (χ4n) is 3.20. The number of carbonyl (C=O) groups is 1. The van der Waals surface area contributed by atoms with Crippen LogP contribution in [0.1, 0.15) is 5.56 Å². The molecule has 0 saturated heterocycles. The van der Waals surface area contributed by atoms with Crippen molar-refractivity contribution in [2.24, 2.45) is 0 Å². The Bertz CT molecular complexity index is 1320. The molecule has 1 amide bonds. The first-order valence-electron chi connectivity index (χ1n) is 9.84. The van der Waals surface area contributed by atoms with Gasteiger partial charge in [-0.05, 0) is 48.0 Å². The van der Waals surface area contributed by atoms with Gasteiger partial charge in [-0.3, -0.25) is 14.2 Å². The molecule has 0 aliphatic carbocycles. The SMILES string of the molecule is COc1ccc(Cn2c(SCC(=O)Nc3cccc(F)c3)nc3ccccc3c2=O)cc1. The van der Waals surface area contributed by atoms with Crippen molar-refractivity contribution >= 4 is 34.3 Å². The number of anilines is 1. The van der Waals surface area contributed by atoms with E-state index < -0.39 is 5.82 Å². The fourth-order valence-corrected chi connectivity index (χ4v) is 4.00. The number of nitrogens with one attached hydrogen (secondary N) is 1. The number of methoxy groups -OCH3 is 1. The number of hydrogen-bond acceptors (Lipinski definition) is 5. The number of carbonyl (C=O) groups excluding carboxylic acids is 1. The summed E-state index contributed by atoms with van der Waals surface area (Å²) in [5.74, 6) is -0.00970. The number of halogens is 1. The van der Waals surface area contributed by atoms with Crippen LogP contribution in [0.25, 0.3) is 10.9 Å². The average molecular weight is 450 g/mol. The molecular weight excluding hydrogens is 429 g/mol. The zero-order chi connectivity index (χ0) is 22.5. The maximum absolute atomic E-state index is 13.4. The Labute approximate surface area is 188 Å². The highest BCUT2D eigenvalue weighted by atomic mass is 32.2. The number of para-hydroxylation sites is 1. The van der Waals surface area contributed by atoms with Crippen LogP contribution < -0.4 is 15.6 Å². The van der Waals surface area contributed by atoms with E-state index in [0.717, 1.165) is 23.1 Å². The summed E-state index contributed by atoms with van der Waals surface area (Å²) in [6, 6.07) is 20.2. The first-order chi connectivity index (χ1) is 15.5. The first kappa shape index (κ1) is 21.6. The van der Waals surface area contributed by atoms with Gasteiger partial charge in [0.15, 0.2) is 5.16 Å². The van der Waals surface area contributed by atoms with Gasteiger partial charge < -0.3 is 10.1 Å². The number of fused-ring (bicyclic) bond motifs is 1. The number of benzene rings is 3. The Morgan fingerprint density at radius 3 is 2.62 bits per heavy atom. The van der Waals surface area contributed by atoms with Crippen LogP contribution in [0.3, 0.4) is 0 Å². The number of rotatable bonds is 7. The minimum atomic E-state index is -0.431. The van der Waals surface area contributed by atoms with Crippen LogP contribution in [-0.4, -0.2) is 28.3 Å². The molecule has 1 heterocycles. The van der Waals surface area contributed by atoms with Gasteiger partial charge in [0.05, 0.1) is 30.3 Å². The van der Waals surface area contributed by atoms with Gasteiger partial charge in [0.25, 0.3) is 5.56 Å². The Morgan fingerprint density at radius 1 is 1.09 bits per heavy atom. The Hall–Kier alpha value is -3.65. The molecule has 1 N–H and O–H groups in total. The molecule has 1 aromatic heterocycles. The molecule has 0 aliphatic heterocycles. The van der Waals surface area contributed by atoms with E-state index in [1.165, 1.54) is 18.2 Å². The highest BCUT2D eigenvalue weighted by molar-refractivity contribution is 7.99. The lowest BCUT2D eigenvalue weighted by Gasteiger charge is -2.13. The topological polar surface area (TPSA) is 73.2 Å². The van der Waals surface area contributed by atoms with Crippen LogP contribution in [-0.2, 0) is 11.3 Å². The molecule has 8 heteroatoms. The number of nitrogens with zero attached hydrogens (tertiary/aromatic N) is 2. The fraction of sp³-hybridized carbons (Fsp3) is 0.125. The Morgan fingerprint density at radius 2 is 1.88 bits per heavy atom. The summed E-state index contributed by atoms with van der Waals surface area (Å²) in [7, 11) is 1.59. The van der Waals surface area contributed by atoms with Gasteiger partial charge in [0, 0.05) is 5.69 Å². The summed E-state index contributed by atoms with van der Waals surface area (Å²) < 4.78 is 20.1. The summed E-state index contributed by atoms with van der Waals surface area (Å²) in [6.45, 7) is 0.300. The summed E-state index contributed by atoms with van der Waals surface area (Å²) >= 11 is 1.16.